The van der Waals surface area contributed by atoms with Crippen LogP contribution in [0.2, 0.25) is 0 Å². The number of likely N-dealkylation sites (N-methyl/N-ethyl adjacent to an activating group) is 1. The lowest BCUT2D eigenvalue weighted by atomic mass is 9.90. The number of hydrogen-bond donors (Lipinski definition) is 1. The SMILES string of the molecule is CC(=O)N(CCN(C)C)c1ccc(N=C(c2ccccc2)C2C(=O)Nc3ccccc32)cc1. The Balaban J connectivity index is 1.70. The molecule has 0 aliphatic carbocycles. The number of carbonyl (C=O) groups excluding carboxylic acids is 2. The molecule has 6 nitrogen and oxygen atoms in total. The summed E-state index contributed by atoms with van der Waals surface area (Å²) < 4.78 is 0. The summed E-state index contributed by atoms with van der Waals surface area (Å²) in [6, 6.07) is 25.1. The minimum absolute atomic E-state index is 0.00249. The van der Waals surface area contributed by atoms with Gasteiger partial charge in [-0.2, -0.15) is 0 Å². The Bertz CT molecular complexity index is 1170. The van der Waals surface area contributed by atoms with Crippen LogP contribution in [0, 0.1) is 0 Å². The van der Waals surface area contributed by atoms with Crippen LogP contribution in [0.5, 0.6) is 0 Å². The Labute approximate surface area is 194 Å². The molecule has 1 heterocycles. The molecule has 3 aromatic rings. The van der Waals surface area contributed by atoms with E-state index >= 15 is 0 Å². The molecule has 0 bridgehead atoms. The van der Waals surface area contributed by atoms with Crippen LogP contribution < -0.4 is 10.2 Å². The first-order valence-electron chi connectivity index (χ1n) is 11.0. The molecule has 33 heavy (non-hydrogen) atoms. The van der Waals surface area contributed by atoms with Crippen molar-refractivity contribution in [1.82, 2.24) is 4.90 Å². The average Bonchev–Trinajstić information content (AvgIpc) is 3.14. The van der Waals surface area contributed by atoms with Gasteiger partial charge in [-0.15, -0.1) is 0 Å². The molecule has 168 valence electrons. The smallest absolute Gasteiger partial charge is 0.238 e. The number of nitrogens with zero attached hydrogens (tertiary/aromatic N) is 3. The third-order valence-electron chi connectivity index (χ3n) is 5.70. The van der Waals surface area contributed by atoms with Crippen LogP contribution in [0.4, 0.5) is 17.1 Å². The minimum atomic E-state index is -0.489. The molecule has 0 saturated heterocycles. The molecule has 1 aliphatic heterocycles. The zero-order valence-electron chi connectivity index (χ0n) is 19.2. The van der Waals surface area contributed by atoms with Gasteiger partial charge in [0.05, 0.1) is 11.4 Å². The summed E-state index contributed by atoms with van der Waals surface area (Å²) in [6.07, 6.45) is 0. The topological polar surface area (TPSA) is 65.0 Å². The molecule has 3 aromatic carbocycles. The molecule has 0 saturated carbocycles. The lowest BCUT2D eigenvalue weighted by Crippen LogP contribution is -2.35. The fraction of sp³-hybridized carbons (Fsp3) is 0.222. The first-order chi connectivity index (χ1) is 15.9. The van der Waals surface area contributed by atoms with E-state index in [2.05, 4.69) is 5.32 Å². The van der Waals surface area contributed by atoms with E-state index in [1.165, 1.54) is 0 Å². The summed E-state index contributed by atoms with van der Waals surface area (Å²) in [5.74, 6) is -0.573. The Hall–Kier alpha value is -3.77. The maximum absolute atomic E-state index is 12.9. The van der Waals surface area contributed by atoms with E-state index in [9.17, 15) is 9.59 Å². The third kappa shape index (κ3) is 5.02. The van der Waals surface area contributed by atoms with Crippen LogP contribution in [0.15, 0.2) is 83.9 Å². The van der Waals surface area contributed by atoms with E-state index in [1.807, 2.05) is 97.9 Å². The zero-order valence-corrected chi connectivity index (χ0v) is 19.2. The first-order valence-corrected chi connectivity index (χ1v) is 11.0. The average molecular weight is 441 g/mol. The van der Waals surface area contributed by atoms with Gasteiger partial charge in [-0.1, -0.05) is 48.5 Å². The lowest BCUT2D eigenvalue weighted by molar-refractivity contribution is -0.117. The van der Waals surface area contributed by atoms with E-state index < -0.39 is 5.92 Å². The number of fused-ring (bicyclic) bond motifs is 1. The maximum atomic E-state index is 12.9. The van der Waals surface area contributed by atoms with Crippen LogP contribution in [-0.2, 0) is 9.59 Å². The first kappa shape index (κ1) is 22.4. The molecule has 0 radical (unpaired) electrons. The number of para-hydroxylation sites is 1. The number of hydrogen-bond acceptors (Lipinski definition) is 4. The summed E-state index contributed by atoms with van der Waals surface area (Å²) >= 11 is 0. The Morgan fingerprint density at radius 2 is 1.58 bits per heavy atom. The standard InChI is InChI=1S/C27H28N4O2/c1-19(32)31(18-17-30(2)3)22-15-13-21(14-16-22)28-26(20-9-5-4-6-10-20)25-23-11-7-8-12-24(23)29-27(25)33/h4-16,25H,17-18H2,1-3H3,(H,29,33). The molecule has 2 amide bonds. The van der Waals surface area contributed by atoms with Crippen LogP contribution in [0.3, 0.4) is 0 Å². The highest BCUT2D eigenvalue weighted by atomic mass is 16.2. The van der Waals surface area contributed by atoms with E-state index in [4.69, 9.17) is 4.99 Å². The maximum Gasteiger partial charge on any atom is 0.238 e. The minimum Gasteiger partial charge on any atom is -0.325 e. The summed E-state index contributed by atoms with van der Waals surface area (Å²) in [7, 11) is 3.97. The molecule has 1 atom stereocenters. The molecule has 4 rings (SSSR count). The quantitative estimate of drug-likeness (QED) is 0.552. The van der Waals surface area contributed by atoms with Crippen LogP contribution in [-0.4, -0.2) is 49.6 Å². The number of amides is 2. The van der Waals surface area contributed by atoms with Gasteiger partial charge in [0, 0.05) is 31.4 Å². The van der Waals surface area contributed by atoms with Gasteiger partial charge in [0.15, 0.2) is 0 Å². The van der Waals surface area contributed by atoms with Crippen molar-refractivity contribution in [3.8, 4) is 0 Å². The highest BCUT2D eigenvalue weighted by molar-refractivity contribution is 6.24. The zero-order chi connectivity index (χ0) is 23.4. The highest BCUT2D eigenvalue weighted by Crippen LogP contribution is 2.36. The number of nitrogens with one attached hydrogen (secondary N) is 1. The monoisotopic (exact) mass is 440 g/mol. The lowest BCUT2D eigenvalue weighted by Gasteiger charge is -2.23. The van der Waals surface area contributed by atoms with Crippen molar-refractivity contribution in [2.24, 2.45) is 4.99 Å². The van der Waals surface area contributed by atoms with Crippen molar-refractivity contribution in [3.05, 3.63) is 90.0 Å². The highest BCUT2D eigenvalue weighted by Gasteiger charge is 2.35. The van der Waals surface area contributed by atoms with Crippen molar-refractivity contribution < 1.29 is 9.59 Å². The second kappa shape index (κ2) is 9.79. The molecule has 6 heteroatoms. The van der Waals surface area contributed by atoms with Crippen molar-refractivity contribution in [1.29, 1.82) is 0 Å². The van der Waals surface area contributed by atoms with Gasteiger partial charge in [-0.3, -0.25) is 14.6 Å². The summed E-state index contributed by atoms with van der Waals surface area (Å²) in [5, 5.41) is 2.98. The molecular weight excluding hydrogens is 412 g/mol. The number of aliphatic imine (C=N–C) groups is 1. The van der Waals surface area contributed by atoms with Crippen LogP contribution in [0.1, 0.15) is 24.0 Å². The summed E-state index contributed by atoms with van der Waals surface area (Å²) in [5.41, 5.74) is 4.90. The van der Waals surface area contributed by atoms with E-state index in [-0.39, 0.29) is 11.8 Å². The molecule has 1 unspecified atom stereocenters. The second-order valence-corrected chi connectivity index (χ2v) is 8.36. The predicted molar refractivity (Wildman–Crippen MR) is 133 cm³/mol. The van der Waals surface area contributed by atoms with Gasteiger partial charge in [-0.25, -0.2) is 0 Å². The summed E-state index contributed by atoms with van der Waals surface area (Å²) in [4.78, 5) is 33.8. The summed E-state index contributed by atoms with van der Waals surface area (Å²) in [6.45, 7) is 2.96. The van der Waals surface area contributed by atoms with E-state index in [0.29, 0.717) is 12.3 Å². The molecule has 1 aliphatic rings. The van der Waals surface area contributed by atoms with Crippen molar-refractivity contribution in [2.75, 3.05) is 37.4 Å². The van der Waals surface area contributed by atoms with Crippen molar-refractivity contribution in [2.45, 2.75) is 12.8 Å². The van der Waals surface area contributed by atoms with Gasteiger partial charge < -0.3 is 15.1 Å². The Kier molecular flexibility index (Phi) is 6.66. The molecular formula is C27H28N4O2. The number of carbonyl (C=O) groups is 2. The molecule has 0 fully saturated rings. The Morgan fingerprint density at radius 3 is 2.24 bits per heavy atom. The number of anilines is 2. The third-order valence-corrected chi connectivity index (χ3v) is 5.70. The van der Waals surface area contributed by atoms with Gasteiger partial charge >= 0.3 is 0 Å². The second-order valence-electron chi connectivity index (χ2n) is 8.36. The molecule has 1 N–H and O–H groups in total. The number of benzene rings is 3. The van der Waals surface area contributed by atoms with Gasteiger partial charge in [0.2, 0.25) is 11.8 Å². The largest absolute Gasteiger partial charge is 0.325 e. The predicted octanol–water partition coefficient (Wildman–Crippen LogP) is 4.46. The van der Waals surface area contributed by atoms with E-state index in [0.717, 1.165) is 34.7 Å². The van der Waals surface area contributed by atoms with Gasteiger partial charge in [0.1, 0.15) is 5.92 Å². The van der Waals surface area contributed by atoms with Crippen LogP contribution >= 0.6 is 0 Å². The van der Waals surface area contributed by atoms with Gasteiger partial charge in [-0.05, 0) is 55.6 Å². The van der Waals surface area contributed by atoms with E-state index in [1.54, 1.807) is 11.8 Å². The fourth-order valence-corrected chi connectivity index (χ4v) is 4.00. The fourth-order valence-electron chi connectivity index (χ4n) is 4.00. The Morgan fingerprint density at radius 1 is 0.909 bits per heavy atom. The molecule has 0 spiro atoms. The van der Waals surface area contributed by atoms with Crippen LogP contribution in [0.25, 0.3) is 0 Å². The molecule has 0 aromatic heterocycles. The van der Waals surface area contributed by atoms with Gasteiger partial charge in [0.25, 0.3) is 0 Å². The van der Waals surface area contributed by atoms with Crippen molar-refractivity contribution >= 4 is 34.6 Å². The van der Waals surface area contributed by atoms with Crippen molar-refractivity contribution in [3.63, 3.8) is 0 Å². The number of rotatable bonds is 7. The normalized spacial score (nSPS) is 15.3.